The van der Waals surface area contributed by atoms with E-state index in [-0.39, 0.29) is 34.6 Å². The number of allylic oxidation sites excluding steroid dienone is 2. The summed E-state index contributed by atoms with van der Waals surface area (Å²) in [6, 6.07) is 4.21. The average molecular weight is 573 g/mol. The molecule has 0 saturated heterocycles. The van der Waals surface area contributed by atoms with E-state index in [1.807, 2.05) is 13.0 Å². The highest BCUT2D eigenvalue weighted by Crippen LogP contribution is 2.73. The first-order valence-electron chi connectivity index (χ1n) is 15.6. The minimum atomic E-state index is -0.494. The van der Waals surface area contributed by atoms with Crippen molar-refractivity contribution in [2.75, 3.05) is 20.8 Å². The number of esters is 2. The summed E-state index contributed by atoms with van der Waals surface area (Å²) >= 11 is 0. The molecule has 5 aliphatic rings. The van der Waals surface area contributed by atoms with Crippen LogP contribution in [0.2, 0.25) is 0 Å². The van der Waals surface area contributed by atoms with Crippen LogP contribution in [0.1, 0.15) is 106 Å². The molecule has 1 aromatic heterocycles. The Hall–Kier alpha value is -3.27. The van der Waals surface area contributed by atoms with E-state index in [4.69, 9.17) is 14.2 Å². The Kier molecular flexibility index (Phi) is 6.79. The van der Waals surface area contributed by atoms with Crippen molar-refractivity contribution in [3.63, 3.8) is 0 Å². The Balaban J connectivity index is 1.63. The normalized spacial score (nSPS) is 32.8. The van der Waals surface area contributed by atoms with Crippen molar-refractivity contribution in [2.24, 2.45) is 28.6 Å². The van der Waals surface area contributed by atoms with E-state index < -0.39 is 5.41 Å². The van der Waals surface area contributed by atoms with Crippen molar-refractivity contribution >= 4 is 22.8 Å². The van der Waals surface area contributed by atoms with Gasteiger partial charge in [0.2, 0.25) is 0 Å². The molecule has 7 rings (SSSR count). The van der Waals surface area contributed by atoms with Gasteiger partial charge in [0, 0.05) is 28.0 Å². The summed E-state index contributed by atoms with van der Waals surface area (Å²) in [4.78, 5) is 30.0. The van der Waals surface area contributed by atoms with Crippen molar-refractivity contribution in [1.29, 1.82) is 5.26 Å². The molecule has 0 amide bonds. The third kappa shape index (κ3) is 3.69. The van der Waals surface area contributed by atoms with Crippen LogP contribution in [0, 0.1) is 46.8 Å². The molecular formula is C35H44N2O5. The van der Waals surface area contributed by atoms with E-state index in [9.17, 15) is 14.9 Å². The van der Waals surface area contributed by atoms with Gasteiger partial charge in [0.1, 0.15) is 12.4 Å². The molecular weight excluding hydrogens is 528 g/mol. The lowest BCUT2D eigenvalue weighted by Gasteiger charge is -2.66. The maximum atomic E-state index is 13.3. The van der Waals surface area contributed by atoms with Gasteiger partial charge in [-0.1, -0.05) is 38.8 Å². The number of nitriles is 1. The highest BCUT2D eigenvalue weighted by molar-refractivity contribution is 6.07. The van der Waals surface area contributed by atoms with E-state index in [1.165, 1.54) is 30.9 Å². The van der Waals surface area contributed by atoms with Gasteiger partial charge in [-0.2, -0.15) is 5.26 Å². The van der Waals surface area contributed by atoms with Crippen LogP contribution in [0.5, 0.6) is 5.75 Å². The molecule has 2 aromatic rings. The molecule has 0 aliphatic heterocycles. The summed E-state index contributed by atoms with van der Waals surface area (Å²) in [6.07, 6.45) is 8.69. The van der Waals surface area contributed by atoms with Crippen LogP contribution in [0.4, 0.5) is 0 Å². The summed E-state index contributed by atoms with van der Waals surface area (Å²) in [6.45, 7) is 11.4. The van der Waals surface area contributed by atoms with Crippen LogP contribution >= 0.6 is 0 Å². The quantitative estimate of drug-likeness (QED) is 0.222. The van der Waals surface area contributed by atoms with Crippen LogP contribution in [0.3, 0.4) is 0 Å². The van der Waals surface area contributed by atoms with Crippen molar-refractivity contribution in [1.82, 2.24) is 4.98 Å². The van der Waals surface area contributed by atoms with Gasteiger partial charge in [0.15, 0.2) is 0 Å². The molecule has 6 atom stereocenters. The molecule has 2 fully saturated rings. The lowest BCUT2D eigenvalue weighted by atomic mass is 9.37. The fraction of sp³-hybridized carbons (Fsp3) is 0.629. The number of carbonyl (C=O) groups excluding carboxylic acids is 2. The predicted octanol–water partition coefficient (Wildman–Crippen LogP) is 7.27. The Morgan fingerprint density at radius 2 is 1.90 bits per heavy atom. The smallest absolute Gasteiger partial charge is 0.340 e. The first-order valence-corrected chi connectivity index (χ1v) is 15.6. The molecule has 0 radical (unpaired) electrons. The van der Waals surface area contributed by atoms with Gasteiger partial charge in [-0.3, -0.25) is 4.79 Å². The van der Waals surface area contributed by atoms with Crippen LogP contribution in [-0.2, 0) is 19.7 Å². The van der Waals surface area contributed by atoms with Crippen molar-refractivity contribution in [3.05, 3.63) is 40.1 Å². The van der Waals surface area contributed by atoms with Gasteiger partial charge in [0.25, 0.3) is 0 Å². The number of ether oxygens (including phenoxy) is 3. The number of nitrogens with one attached hydrogen (secondary N) is 1. The number of H-pyrrole nitrogens is 1. The maximum Gasteiger partial charge on any atom is 0.340 e. The zero-order chi connectivity index (χ0) is 30.2. The number of aromatic amines is 1. The number of fused-ring (bicyclic) bond motifs is 2. The lowest BCUT2D eigenvalue weighted by Crippen LogP contribution is -2.62. The van der Waals surface area contributed by atoms with Crippen LogP contribution in [0.15, 0.2) is 17.7 Å². The molecule has 42 heavy (non-hydrogen) atoms. The lowest BCUT2D eigenvalue weighted by molar-refractivity contribution is -0.175. The zero-order valence-corrected chi connectivity index (χ0v) is 26.1. The average Bonchev–Trinajstić information content (AvgIpc) is 3.30. The Morgan fingerprint density at radius 3 is 2.57 bits per heavy atom. The number of hydrogen-bond acceptors (Lipinski definition) is 6. The van der Waals surface area contributed by atoms with E-state index in [1.54, 1.807) is 0 Å². The van der Waals surface area contributed by atoms with Gasteiger partial charge in [-0.05, 0) is 80.8 Å². The largest absolute Gasteiger partial charge is 0.492 e. The SMILES string of the molecule is COC(=O)c1c(C)[nH]c2c3c(c(OCCC#N)cc12)[C@H]1C[C@@H]2[C@@]4(C)CCCC(C)(C(=O)OC)[C@@H]4CC[C@@]32C=C1C(C)C. The molecule has 224 valence electrons. The molecule has 2 bridgehead atoms. The number of rotatable bonds is 6. The third-order valence-corrected chi connectivity index (χ3v) is 11.8. The second-order valence-electron chi connectivity index (χ2n) is 14.0. The zero-order valence-electron chi connectivity index (χ0n) is 26.1. The molecule has 7 heteroatoms. The summed E-state index contributed by atoms with van der Waals surface area (Å²) in [5.41, 5.74) is 5.43. The highest BCUT2D eigenvalue weighted by Gasteiger charge is 2.66. The van der Waals surface area contributed by atoms with Crippen molar-refractivity contribution in [2.45, 2.75) is 90.9 Å². The highest BCUT2D eigenvalue weighted by atomic mass is 16.5. The van der Waals surface area contributed by atoms with Gasteiger partial charge < -0.3 is 19.2 Å². The third-order valence-electron chi connectivity index (χ3n) is 11.8. The number of carbonyl (C=O) groups is 2. The summed E-state index contributed by atoms with van der Waals surface area (Å²) in [5.74, 6) is 1.44. The fourth-order valence-electron chi connectivity index (χ4n) is 10.2. The number of aryl methyl sites for hydroxylation is 1. The molecule has 5 aliphatic carbocycles. The van der Waals surface area contributed by atoms with E-state index in [0.717, 1.165) is 60.9 Å². The van der Waals surface area contributed by atoms with Crippen molar-refractivity contribution < 1.29 is 23.8 Å². The molecule has 1 N–H and O–H groups in total. The van der Waals surface area contributed by atoms with E-state index in [2.05, 4.69) is 44.8 Å². The second kappa shape index (κ2) is 9.89. The van der Waals surface area contributed by atoms with Gasteiger partial charge in [-0.25, -0.2) is 4.79 Å². The first kappa shape index (κ1) is 28.8. The van der Waals surface area contributed by atoms with E-state index >= 15 is 0 Å². The van der Waals surface area contributed by atoms with E-state index in [0.29, 0.717) is 30.4 Å². The minimum Gasteiger partial charge on any atom is -0.492 e. The number of benzene rings is 1. The minimum absolute atomic E-state index is 0.0504. The number of methoxy groups -OCH3 is 2. The standard InChI is InChI=1S/C35H44N2O5/c1-19(2)23-18-35-13-10-25-33(4,11-8-12-34(25,5)32(39)41-7)26(35)17-21(23)28-24(42-15-9-14-36)16-22-27(31(38)40-6)20(3)37-30(22)29(28)35/h16,18-19,21,25-26,37H,8-13,15,17H2,1-7H3/t21-,25+,26+,33-,34?,35-/m0/s1. The summed E-state index contributed by atoms with van der Waals surface area (Å²) in [5, 5.41) is 10.1. The van der Waals surface area contributed by atoms with Gasteiger partial charge in [0.05, 0.1) is 43.2 Å². The van der Waals surface area contributed by atoms with Crippen LogP contribution in [0.25, 0.3) is 10.9 Å². The van der Waals surface area contributed by atoms with Gasteiger partial charge in [-0.15, -0.1) is 0 Å². The molecule has 7 nitrogen and oxygen atoms in total. The topological polar surface area (TPSA) is 101 Å². The van der Waals surface area contributed by atoms with Crippen LogP contribution < -0.4 is 4.74 Å². The summed E-state index contributed by atoms with van der Waals surface area (Å²) < 4.78 is 17.1. The number of hydrogen-bond donors (Lipinski definition) is 1. The maximum absolute atomic E-state index is 13.3. The monoisotopic (exact) mass is 572 g/mol. The molecule has 1 spiro atoms. The Bertz CT molecular complexity index is 1540. The van der Waals surface area contributed by atoms with Gasteiger partial charge >= 0.3 is 11.9 Å². The predicted molar refractivity (Wildman–Crippen MR) is 160 cm³/mol. The Labute approximate surface area is 249 Å². The Morgan fingerprint density at radius 1 is 1.14 bits per heavy atom. The molecule has 2 saturated carbocycles. The first-order chi connectivity index (χ1) is 20.0. The molecule has 1 heterocycles. The molecule has 1 unspecified atom stereocenters. The number of aromatic nitrogens is 1. The fourth-order valence-corrected chi connectivity index (χ4v) is 10.2. The second-order valence-corrected chi connectivity index (χ2v) is 14.0. The van der Waals surface area contributed by atoms with Crippen molar-refractivity contribution in [3.8, 4) is 11.8 Å². The van der Waals surface area contributed by atoms with Crippen LogP contribution in [-0.4, -0.2) is 37.7 Å². The number of nitrogens with zero attached hydrogens (tertiary/aromatic N) is 1. The summed E-state index contributed by atoms with van der Waals surface area (Å²) in [7, 11) is 2.94. The molecule has 1 aromatic carbocycles.